The lowest BCUT2D eigenvalue weighted by Crippen LogP contribution is -1.99. The highest BCUT2D eigenvalue weighted by Crippen LogP contribution is 2.34. The van der Waals surface area contributed by atoms with Crippen LogP contribution >= 0.6 is 11.6 Å². The molecule has 6 nitrogen and oxygen atoms in total. The summed E-state index contributed by atoms with van der Waals surface area (Å²) in [7, 11) is 0. The predicted octanol–water partition coefficient (Wildman–Crippen LogP) is 3.86. The first-order valence-electron chi connectivity index (χ1n) is 5.68. The molecule has 0 amide bonds. The third kappa shape index (κ3) is 2.92. The van der Waals surface area contributed by atoms with E-state index in [9.17, 15) is 10.1 Å². The van der Waals surface area contributed by atoms with Crippen LogP contribution in [0.15, 0.2) is 36.7 Å². The van der Waals surface area contributed by atoms with Crippen molar-refractivity contribution in [3.8, 4) is 11.6 Å². The number of hydrogen-bond donors (Lipinski definition) is 0. The Bertz CT molecular complexity index is 674. The van der Waals surface area contributed by atoms with Gasteiger partial charge in [-0.05, 0) is 13.0 Å². The average molecular weight is 292 g/mol. The van der Waals surface area contributed by atoms with E-state index < -0.39 is 10.6 Å². The molecular formula is C13H10ClN3O3. The van der Waals surface area contributed by atoms with Gasteiger partial charge in [0.2, 0.25) is 5.15 Å². The van der Waals surface area contributed by atoms with Gasteiger partial charge in [-0.3, -0.25) is 10.1 Å². The number of nitrogens with zero attached hydrogens (tertiary/aromatic N) is 3. The van der Waals surface area contributed by atoms with Crippen LogP contribution in [-0.2, 0) is 0 Å². The molecule has 2 rings (SSSR count). The van der Waals surface area contributed by atoms with Crippen molar-refractivity contribution in [2.75, 3.05) is 0 Å². The van der Waals surface area contributed by atoms with Crippen LogP contribution in [0.25, 0.3) is 6.08 Å². The number of hydrogen-bond acceptors (Lipinski definition) is 5. The van der Waals surface area contributed by atoms with Crippen molar-refractivity contribution < 1.29 is 9.66 Å². The fourth-order valence-corrected chi connectivity index (χ4v) is 1.76. The Kier molecular flexibility index (Phi) is 4.27. The highest BCUT2D eigenvalue weighted by molar-refractivity contribution is 6.31. The van der Waals surface area contributed by atoms with E-state index in [1.54, 1.807) is 12.1 Å². The maximum absolute atomic E-state index is 11.0. The molecular weight excluding hydrogens is 282 g/mol. The summed E-state index contributed by atoms with van der Waals surface area (Å²) in [6.07, 6.45) is 4.77. The molecule has 0 fully saturated rings. The molecule has 0 atom stereocenters. The van der Waals surface area contributed by atoms with Gasteiger partial charge in [0.15, 0.2) is 0 Å². The molecule has 0 aliphatic carbocycles. The minimum atomic E-state index is -0.671. The number of allylic oxidation sites excluding steroid dienone is 1. The Balaban J connectivity index is 2.46. The lowest BCUT2D eigenvalue weighted by molar-refractivity contribution is -0.386. The van der Waals surface area contributed by atoms with E-state index in [0.717, 1.165) is 11.9 Å². The Morgan fingerprint density at radius 1 is 1.35 bits per heavy atom. The fourth-order valence-electron chi connectivity index (χ4n) is 1.57. The molecule has 20 heavy (non-hydrogen) atoms. The number of para-hydroxylation sites is 1. The topological polar surface area (TPSA) is 78.2 Å². The molecule has 0 spiro atoms. The van der Waals surface area contributed by atoms with Crippen molar-refractivity contribution in [3.63, 3.8) is 0 Å². The van der Waals surface area contributed by atoms with Crippen molar-refractivity contribution in [2.24, 2.45) is 0 Å². The third-order valence-corrected chi connectivity index (χ3v) is 2.68. The van der Waals surface area contributed by atoms with Crippen LogP contribution in [0.2, 0.25) is 5.15 Å². The van der Waals surface area contributed by atoms with E-state index >= 15 is 0 Å². The standard InChI is InChI=1S/C13H10ClN3O3/c1-2-5-9-6-3-4-7-10(9)20-13-11(17(18)19)12(14)15-8-16-13/h2-8H,1H3. The summed E-state index contributed by atoms with van der Waals surface area (Å²) in [6.45, 7) is 1.86. The number of benzene rings is 1. The van der Waals surface area contributed by atoms with Gasteiger partial charge >= 0.3 is 11.6 Å². The van der Waals surface area contributed by atoms with E-state index in [1.807, 2.05) is 31.2 Å². The molecule has 0 saturated carbocycles. The van der Waals surface area contributed by atoms with Crippen molar-refractivity contribution >= 4 is 23.4 Å². The minimum Gasteiger partial charge on any atom is -0.433 e. The molecule has 0 saturated heterocycles. The maximum Gasteiger partial charge on any atom is 0.368 e. The molecule has 0 radical (unpaired) electrons. The first-order valence-corrected chi connectivity index (χ1v) is 6.05. The summed E-state index contributed by atoms with van der Waals surface area (Å²) in [6, 6.07) is 7.11. The largest absolute Gasteiger partial charge is 0.433 e. The molecule has 0 aliphatic rings. The van der Waals surface area contributed by atoms with Gasteiger partial charge in [0, 0.05) is 5.56 Å². The van der Waals surface area contributed by atoms with Crippen LogP contribution < -0.4 is 4.74 Å². The van der Waals surface area contributed by atoms with Gasteiger partial charge in [-0.15, -0.1) is 0 Å². The van der Waals surface area contributed by atoms with Crippen molar-refractivity contribution in [1.29, 1.82) is 0 Å². The lowest BCUT2D eigenvalue weighted by Gasteiger charge is -2.08. The van der Waals surface area contributed by atoms with Crippen molar-refractivity contribution in [2.45, 2.75) is 6.92 Å². The summed E-state index contributed by atoms with van der Waals surface area (Å²) >= 11 is 5.70. The number of halogens is 1. The second-order valence-electron chi connectivity index (χ2n) is 3.72. The highest BCUT2D eigenvalue weighted by Gasteiger charge is 2.24. The maximum atomic E-state index is 11.0. The molecule has 1 aromatic heterocycles. The lowest BCUT2D eigenvalue weighted by atomic mass is 10.2. The van der Waals surface area contributed by atoms with E-state index in [1.165, 1.54) is 0 Å². The molecule has 0 aliphatic heterocycles. The molecule has 7 heteroatoms. The van der Waals surface area contributed by atoms with Crippen LogP contribution in [0.4, 0.5) is 5.69 Å². The Hall–Kier alpha value is -2.47. The summed E-state index contributed by atoms with van der Waals surface area (Å²) in [5, 5.41) is 10.7. The molecule has 102 valence electrons. The van der Waals surface area contributed by atoms with Gasteiger partial charge < -0.3 is 4.74 Å². The SMILES string of the molecule is CC=Cc1ccccc1Oc1ncnc(Cl)c1[N+](=O)[O-]. The van der Waals surface area contributed by atoms with E-state index in [-0.39, 0.29) is 11.0 Å². The van der Waals surface area contributed by atoms with Gasteiger partial charge in [0.25, 0.3) is 0 Å². The van der Waals surface area contributed by atoms with Crippen molar-refractivity contribution in [1.82, 2.24) is 9.97 Å². The van der Waals surface area contributed by atoms with Crippen LogP contribution in [-0.4, -0.2) is 14.9 Å². The van der Waals surface area contributed by atoms with Gasteiger partial charge in [0.1, 0.15) is 12.1 Å². The van der Waals surface area contributed by atoms with Crippen LogP contribution in [0.1, 0.15) is 12.5 Å². The second kappa shape index (κ2) is 6.12. The van der Waals surface area contributed by atoms with Gasteiger partial charge in [-0.25, -0.2) is 4.98 Å². The number of rotatable bonds is 4. The normalized spacial score (nSPS) is 10.7. The fraction of sp³-hybridized carbons (Fsp3) is 0.0769. The van der Waals surface area contributed by atoms with E-state index in [2.05, 4.69) is 9.97 Å². The highest BCUT2D eigenvalue weighted by atomic mass is 35.5. The first kappa shape index (κ1) is 14.0. The zero-order valence-electron chi connectivity index (χ0n) is 10.5. The second-order valence-corrected chi connectivity index (χ2v) is 4.07. The van der Waals surface area contributed by atoms with Crippen LogP contribution in [0.3, 0.4) is 0 Å². The monoisotopic (exact) mass is 291 g/mol. The predicted molar refractivity (Wildman–Crippen MR) is 74.9 cm³/mol. The molecule has 2 aromatic rings. The quantitative estimate of drug-likeness (QED) is 0.485. The number of nitro groups is 1. The summed E-state index contributed by atoms with van der Waals surface area (Å²) < 4.78 is 5.51. The Morgan fingerprint density at radius 2 is 2.10 bits per heavy atom. The van der Waals surface area contributed by atoms with Gasteiger partial charge in [0.05, 0.1) is 4.92 Å². The van der Waals surface area contributed by atoms with E-state index in [0.29, 0.717) is 5.75 Å². The van der Waals surface area contributed by atoms with Gasteiger partial charge in [-0.1, -0.05) is 42.0 Å². The molecule has 1 aromatic carbocycles. The number of aromatic nitrogens is 2. The van der Waals surface area contributed by atoms with Crippen molar-refractivity contribution in [3.05, 3.63) is 57.5 Å². The van der Waals surface area contributed by atoms with Crippen LogP contribution in [0.5, 0.6) is 11.6 Å². The summed E-state index contributed by atoms with van der Waals surface area (Å²) in [5.41, 5.74) is 0.323. The molecule has 0 bridgehead atoms. The molecule has 0 N–H and O–H groups in total. The Morgan fingerprint density at radius 3 is 2.80 bits per heavy atom. The summed E-state index contributed by atoms with van der Waals surface area (Å²) in [5.74, 6) is 0.260. The summed E-state index contributed by atoms with van der Waals surface area (Å²) in [4.78, 5) is 17.7. The zero-order chi connectivity index (χ0) is 14.5. The Labute approximate surface area is 119 Å². The van der Waals surface area contributed by atoms with Crippen LogP contribution in [0, 0.1) is 10.1 Å². The van der Waals surface area contributed by atoms with E-state index in [4.69, 9.17) is 16.3 Å². The van der Waals surface area contributed by atoms with Gasteiger partial charge in [-0.2, -0.15) is 4.98 Å². The average Bonchev–Trinajstić information content (AvgIpc) is 2.41. The molecule has 1 heterocycles. The first-order chi connectivity index (χ1) is 9.63. The minimum absolute atomic E-state index is 0.188. The zero-order valence-corrected chi connectivity index (χ0v) is 11.2. The smallest absolute Gasteiger partial charge is 0.368 e. The number of ether oxygens (including phenoxy) is 1. The molecule has 0 unspecified atom stereocenters. The third-order valence-electron chi connectivity index (χ3n) is 2.40.